The van der Waals surface area contributed by atoms with Crippen molar-refractivity contribution in [1.82, 2.24) is 14.5 Å². The number of hydrogen-bond donors (Lipinski definition) is 1. The maximum Gasteiger partial charge on any atom is 0.252 e. The summed E-state index contributed by atoms with van der Waals surface area (Å²) in [5.74, 6) is 0.754. The molecule has 1 aliphatic heterocycles. The van der Waals surface area contributed by atoms with Gasteiger partial charge in [-0.3, -0.25) is 9.69 Å². The van der Waals surface area contributed by atoms with E-state index in [0.717, 1.165) is 29.1 Å². The summed E-state index contributed by atoms with van der Waals surface area (Å²) in [4.78, 5) is 14.5. The van der Waals surface area contributed by atoms with E-state index in [1.807, 2.05) is 36.1 Å². The smallest absolute Gasteiger partial charge is 0.252 e. The molecule has 164 valence electrons. The van der Waals surface area contributed by atoms with E-state index in [2.05, 4.69) is 5.32 Å². The first-order valence-corrected chi connectivity index (χ1v) is 12.3. The van der Waals surface area contributed by atoms with Gasteiger partial charge in [0.1, 0.15) is 9.96 Å². The Balaban J connectivity index is 1.46. The molecule has 1 atom stereocenters. The molecule has 2 heterocycles. The van der Waals surface area contributed by atoms with Gasteiger partial charge in [-0.25, -0.2) is 8.42 Å². The lowest BCUT2D eigenvalue weighted by atomic mass is 10.1. The van der Waals surface area contributed by atoms with E-state index >= 15 is 0 Å². The third-order valence-electron chi connectivity index (χ3n) is 5.22. The first-order valence-electron chi connectivity index (χ1n) is 9.71. The molecule has 0 aliphatic carbocycles. The molecule has 0 radical (unpaired) electrons. The second-order valence-corrected chi connectivity index (χ2v) is 10.9. The number of rotatable bonds is 8. The van der Waals surface area contributed by atoms with Crippen LogP contribution in [-0.4, -0.2) is 69.4 Å². The molecule has 0 saturated carbocycles. The minimum atomic E-state index is -3.53. The average Bonchev–Trinajstić information content (AvgIpc) is 3.21. The SMILES string of the molecule is COc1ccc(CCNC(=O)C(C)N2CCN(S(=O)(=O)c3ccc(Cl)s3)CC2)cc1. The van der Waals surface area contributed by atoms with Gasteiger partial charge in [-0.1, -0.05) is 23.7 Å². The van der Waals surface area contributed by atoms with Crippen LogP contribution >= 0.6 is 22.9 Å². The van der Waals surface area contributed by atoms with Gasteiger partial charge in [0.2, 0.25) is 5.91 Å². The van der Waals surface area contributed by atoms with Crippen molar-refractivity contribution >= 4 is 38.9 Å². The molecule has 1 N–H and O–H groups in total. The zero-order valence-electron chi connectivity index (χ0n) is 17.0. The van der Waals surface area contributed by atoms with Crippen LogP contribution in [0, 0.1) is 0 Å². The number of hydrogen-bond acceptors (Lipinski definition) is 6. The van der Waals surface area contributed by atoms with E-state index in [9.17, 15) is 13.2 Å². The number of thiophene rings is 1. The van der Waals surface area contributed by atoms with Crippen molar-refractivity contribution < 1.29 is 17.9 Å². The number of methoxy groups -OCH3 is 1. The van der Waals surface area contributed by atoms with E-state index < -0.39 is 10.0 Å². The lowest BCUT2D eigenvalue weighted by Gasteiger charge is -2.36. The number of carbonyl (C=O) groups is 1. The zero-order valence-corrected chi connectivity index (χ0v) is 19.4. The second kappa shape index (κ2) is 10.1. The van der Waals surface area contributed by atoms with Gasteiger partial charge >= 0.3 is 0 Å². The van der Waals surface area contributed by atoms with E-state index in [4.69, 9.17) is 16.3 Å². The van der Waals surface area contributed by atoms with Gasteiger partial charge < -0.3 is 10.1 Å². The van der Waals surface area contributed by atoms with Crippen molar-refractivity contribution in [2.24, 2.45) is 0 Å². The quantitative estimate of drug-likeness (QED) is 0.639. The molecular formula is C20H26ClN3O4S2. The molecular weight excluding hydrogens is 446 g/mol. The Morgan fingerprint density at radius 2 is 1.83 bits per heavy atom. The van der Waals surface area contributed by atoms with Crippen molar-refractivity contribution in [2.75, 3.05) is 39.8 Å². The fourth-order valence-corrected chi connectivity index (χ4v) is 6.39. The molecule has 1 aromatic carbocycles. The van der Waals surface area contributed by atoms with E-state index in [0.29, 0.717) is 37.1 Å². The van der Waals surface area contributed by atoms with Crippen LogP contribution in [0.15, 0.2) is 40.6 Å². The molecule has 30 heavy (non-hydrogen) atoms. The standard InChI is InChI=1S/C20H26ClN3O4S2/c1-15(20(25)22-10-9-16-3-5-17(28-2)6-4-16)23-11-13-24(14-12-23)30(26,27)19-8-7-18(21)29-19/h3-8,15H,9-14H2,1-2H3,(H,22,25). The van der Waals surface area contributed by atoms with Crippen LogP contribution in [0.25, 0.3) is 0 Å². The number of nitrogens with one attached hydrogen (secondary N) is 1. The molecule has 1 aromatic heterocycles. The highest BCUT2D eigenvalue weighted by Gasteiger charge is 2.32. The highest BCUT2D eigenvalue weighted by molar-refractivity contribution is 7.91. The molecule has 0 bridgehead atoms. The molecule has 1 fully saturated rings. The molecule has 10 heteroatoms. The van der Waals surface area contributed by atoms with Gasteiger partial charge in [-0.15, -0.1) is 11.3 Å². The Morgan fingerprint density at radius 3 is 2.40 bits per heavy atom. The number of carbonyl (C=O) groups excluding carboxylic acids is 1. The topological polar surface area (TPSA) is 79.0 Å². The van der Waals surface area contributed by atoms with Gasteiger partial charge in [0.05, 0.1) is 17.5 Å². The minimum Gasteiger partial charge on any atom is -0.497 e. The van der Waals surface area contributed by atoms with Crippen molar-refractivity contribution in [3.05, 3.63) is 46.3 Å². The molecule has 0 spiro atoms. The fourth-order valence-electron chi connectivity index (χ4n) is 3.33. The summed E-state index contributed by atoms with van der Waals surface area (Å²) in [6.07, 6.45) is 0.734. The number of benzene rings is 1. The third kappa shape index (κ3) is 5.53. The van der Waals surface area contributed by atoms with Crippen LogP contribution in [0.4, 0.5) is 0 Å². The highest BCUT2D eigenvalue weighted by Crippen LogP contribution is 2.28. The van der Waals surface area contributed by atoms with Crippen LogP contribution in [-0.2, 0) is 21.2 Å². The highest BCUT2D eigenvalue weighted by atomic mass is 35.5. The minimum absolute atomic E-state index is 0.0511. The van der Waals surface area contributed by atoms with Crippen LogP contribution in [0.3, 0.4) is 0 Å². The number of sulfonamides is 1. The molecule has 3 rings (SSSR count). The summed E-state index contributed by atoms with van der Waals surface area (Å²) in [7, 11) is -1.90. The fraction of sp³-hybridized carbons (Fsp3) is 0.450. The summed E-state index contributed by atoms with van der Waals surface area (Å²) in [5.41, 5.74) is 1.12. The first kappa shape index (κ1) is 23.0. The van der Waals surface area contributed by atoms with Crippen molar-refractivity contribution in [3.63, 3.8) is 0 Å². The second-order valence-electron chi connectivity index (χ2n) is 7.06. The van der Waals surface area contributed by atoms with Gasteiger partial charge in [0, 0.05) is 32.7 Å². The zero-order chi connectivity index (χ0) is 21.7. The Labute approximate surface area is 186 Å². The van der Waals surface area contributed by atoms with Crippen LogP contribution in [0.5, 0.6) is 5.75 Å². The predicted molar refractivity (Wildman–Crippen MR) is 119 cm³/mol. The van der Waals surface area contributed by atoms with Gasteiger partial charge in [-0.05, 0) is 43.2 Å². The Kier molecular flexibility index (Phi) is 7.75. The molecule has 1 saturated heterocycles. The molecule has 7 nitrogen and oxygen atoms in total. The summed E-state index contributed by atoms with van der Waals surface area (Å²) in [6, 6.07) is 10.6. The first-order chi connectivity index (χ1) is 14.3. The van der Waals surface area contributed by atoms with Crippen molar-refractivity contribution in [2.45, 2.75) is 23.6 Å². The Bertz CT molecular complexity index is 955. The lowest BCUT2D eigenvalue weighted by Crippen LogP contribution is -2.54. The number of amides is 1. The summed E-state index contributed by atoms with van der Waals surface area (Å²) in [5, 5.41) is 2.97. The van der Waals surface area contributed by atoms with Crippen molar-refractivity contribution in [3.8, 4) is 5.75 Å². The third-order valence-corrected chi connectivity index (χ3v) is 8.81. The lowest BCUT2D eigenvalue weighted by molar-refractivity contribution is -0.126. The maximum atomic E-state index is 12.7. The van der Waals surface area contributed by atoms with E-state index in [1.54, 1.807) is 13.2 Å². The van der Waals surface area contributed by atoms with Gasteiger partial charge in [0.25, 0.3) is 10.0 Å². The van der Waals surface area contributed by atoms with Gasteiger partial charge in [0.15, 0.2) is 0 Å². The number of halogens is 1. The summed E-state index contributed by atoms with van der Waals surface area (Å²) in [6.45, 7) is 4.11. The van der Waals surface area contributed by atoms with E-state index in [1.165, 1.54) is 10.4 Å². The van der Waals surface area contributed by atoms with Crippen LogP contribution in [0.2, 0.25) is 4.34 Å². The molecule has 1 amide bonds. The predicted octanol–water partition coefficient (Wildman–Crippen LogP) is 2.46. The average molecular weight is 472 g/mol. The van der Waals surface area contributed by atoms with Gasteiger partial charge in [-0.2, -0.15) is 4.31 Å². The Hall–Kier alpha value is -1.65. The molecule has 1 unspecified atom stereocenters. The monoisotopic (exact) mass is 471 g/mol. The molecule has 1 aliphatic rings. The number of nitrogens with zero attached hydrogens (tertiary/aromatic N) is 2. The van der Waals surface area contributed by atoms with Crippen LogP contribution in [0.1, 0.15) is 12.5 Å². The van der Waals surface area contributed by atoms with Crippen molar-refractivity contribution in [1.29, 1.82) is 0 Å². The van der Waals surface area contributed by atoms with E-state index in [-0.39, 0.29) is 16.2 Å². The largest absolute Gasteiger partial charge is 0.497 e. The van der Waals surface area contributed by atoms with Crippen LogP contribution < -0.4 is 10.1 Å². The number of ether oxygens (including phenoxy) is 1. The summed E-state index contributed by atoms with van der Waals surface area (Å²) < 4.78 is 32.7. The Morgan fingerprint density at radius 1 is 1.17 bits per heavy atom. The number of piperazine rings is 1. The molecule has 2 aromatic rings. The normalized spacial score (nSPS) is 16.9. The maximum absolute atomic E-state index is 12.7. The summed E-state index contributed by atoms with van der Waals surface area (Å²) >= 11 is 6.94.